The molecule has 246 valence electrons. The molecule has 0 spiro atoms. The Balaban J connectivity index is 1.11. The Morgan fingerprint density at radius 3 is 2.34 bits per heavy atom. The molecule has 8 rings (SSSR count). The predicted molar refractivity (Wildman–Crippen MR) is 189 cm³/mol. The van der Waals surface area contributed by atoms with Gasteiger partial charge < -0.3 is 10.3 Å². The van der Waals surface area contributed by atoms with Crippen molar-refractivity contribution in [1.82, 2.24) is 30.0 Å². The summed E-state index contributed by atoms with van der Waals surface area (Å²) in [6.07, 6.45) is 8.45. The third-order valence-corrected chi connectivity index (χ3v) is 9.67. The summed E-state index contributed by atoms with van der Waals surface area (Å²) in [7, 11) is 0. The summed E-state index contributed by atoms with van der Waals surface area (Å²) in [5.41, 5.74) is 8.15. The number of nitrogens with zero attached hydrogens (tertiary/aromatic N) is 7. The maximum Gasteiger partial charge on any atom is 0.335 e. The number of aromatic carboxylic acids is 1. The normalized spacial score (nSPS) is 15.9. The number of aromatic nitrogens is 7. The van der Waals surface area contributed by atoms with Crippen molar-refractivity contribution >= 4 is 17.6 Å². The van der Waals surface area contributed by atoms with Crippen LogP contribution in [-0.4, -0.2) is 41.1 Å². The maximum absolute atomic E-state index is 14.0. The minimum atomic E-state index is -0.979. The molecule has 1 aliphatic carbocycles. The minimum Gasteiger partial charge on any atom is -0.618 e. The Morgan fingerprint density at radius 1 is 0.900 bits per heavy atom. The van der Waals surface area contributed by atoms with Gasteiger partial charge in [-0.15, -0.1) is 5.10 Å². The van der Waals surface area contributed by atoms with Crippen LogP contribution in [-0.2, 0) is 0 Å². The van der Waals surface area contributed by atoms with Crippen LogP contribution in [0.3, 0.4) is 0 Å². The van der Waals surface area contributed by atoms with E-state index in [1.165, 1.54) is 27.7 Å². The number of tetrazole rings is 1. The van der Waals surface area contributed by atoms with E-state index in [-0.39, 0.29) is 11.6 Å². The van der Waals surface area contributed by atoms with Crippen LogP contribution >= 0.6 is 11.6 Å². The molecule has 0 radical (unpaired) electrons. The van der Waals surface area contributed by atoms with Gasteiger partial charge >= 0.3 is 5.97 Å². The van der Waals surface area contributed by atoms with Crippen LogP contribution in [0.4, 0.5) is 0 Å². The van der Waals surface area contributed by atoms with Crippen molar-refractivity contribution in [1.29, 1.82) is 0 Å². The first-order valence-corrected chi connectivity index (χ1v) is 16.6. The van der Waals surface area contributed by atoms with Gasteiger partial charge in [0.15, 0.2) is 6.20 Å². The van der Waals surface area contributed by atoms with Gasteiger partial charge in [-0.25, -0.2) is 4.79 Å². The second kappa shape index (κ2) is 13.1. The van der Waals surface area contributed by atoms with Gasteiger partial charge in [-0.3, -0.25) is 4.68 Å². The largest absolute Gasteiger partial charge is 0.618 e. The van der Waals surface area contributed by atoms with Gasteiger partial charge in [-0.05, 0) is 93.8 Å². The van der Waals surface area contributed by atoms with Gasteiger partial charge in [0, 0.05) is 34.0 Å². The van der Waals surface area contributed by atoms with Gasteiger partial charge in [0.25, 0.3) is 0 Å². The summed E-state index contributed by atoms with van der Waals surface area (Å²) in [5.74, 6) is -0.248. The lowest BCUT2D eigenvalue weighted by molar-refractivity contribution is -0.615. The van der Waals surface area contributed by atoms with Gasteiger partial charge in [-0.2, -0.15) is 14.5 Å². The highest BCUT2D eigenvalue weighted by atomic mass is 35.5. The molecule has 0 aliphatic heterocycles. The predicted octanol–water partition coefficient (Wildman–Crippen LogP) is 7.63. The summed E-state index contributed by atoms with van der Waals surface area (Å²) < 4.78 is 4.30. The van der Waals surface area contributed by atoms with E-state index in [4.69, 9.17) is 16.7 Å². The minimum absolute atomic E-state index is 0.214. The molecule has 3 heterocycles. The van der Waals surface area contributed by atoms with Crippen molar-refractivity contribution < 1.29 is 14.6 Å². The highest BCUT2D eigenvalue weighted by Crippen LogP contribution is 2.52. The summed E-state index contributed by atoms with van der Waals surface area (Å²) >= 11 is 6.39. The monoisotopic (exact) mass is 679 g/mol. The van der Waals surface area contributed by atoms with E-state index in [1.54, 1.807) is 48.8 Å². The van der Waals surface area contributed by atoms with Crippen molar-refractivity contribution in [2.45, 2.75) is 24.8 Å². The molecule has 11 heteroatoms. The van der Waals surface area contributed by atoms with Gasteiger partial charge in [0.1, 0.15) is 12.4 Å². The number of hydrogen-bond acceptors (Lipinski definition) is 6. The van der Waals surface area contributed by atoms with Crippen molar-refractivity contribution in [2.75, 3.05) is 0 Å². The molecule has 4 aromatic carbocycles. The summed E-state index contributed by atoms with van der Waals surface area (Å²) in [6.45, 7) is 0. The fourth-order valence-corrected chi connectivity index (χ4v) is 6.88. The van der Waals surface area contributed by atoms with Crippen LogP contribution in [0.2, 0.25) is 5.02 Å². The molecule has 10 nitrogen and oxygen atoms in total. The molecule has 1 fully saturated rings. The molecule has 0 amide bonds. The number of carbonyl (C=O) groups is 1. The lowest BCUT2D eigenvalue weighted by atomic mass is 9.99. The second-order valence-electron chi connectivity index (χ2n) is 12.5. The first-order valence-electron chi connectivity index (χ1n) is 16.2. The first-order chi connectivity index (χ1) is 24.4. The summed E-state index contributed by atoms with van der Waals surface area (Å²) in [5, 5.41) is 40.1. The molecule has 0 bridgehead atoms. The Hall–Kier alpha value is -6.13. The van der Waals surface area contributed by atoms with Crippen LogP contribution in [0.1, 0.15) is 46.4 Å². The van der Waals surface area contributed by atoms with E-state index in [0.717, 1.165) is 22.3 Å². The van der Waals surface area contributed by atoms with E-state index < -0.39 is 5.97 Å². The fourth-order valence-electron chi connectivity index (χ4n) is 6.70. The molecule has 7 aromatic rings. The number of hydrogen-bond donors (Lipinski definition) is 1. The average Bonchev–Trinajstić information content (AvgIpc) is 3.46. The zero-order chi connectivity index (χ0) is 34.2. The second-order valence-corrected chi connectivity index (χ2v) is 13.0. The number of carboxylic acids is 1. The van der Waals surface area contributed by atoms with Gasteiger partial charge in [-0.1, -0.05) is 78.3 Å². The topological polar surface area (TPSA) is 126 Å². The number of benzene rings is 4. The number of carboxylic acid groups (broad SMARTS) is 1. The third kappa shape index (κ3) is 6.24. The molecule has 3 aromatic heterocycles. The summed E-state index contributed by atoms with van der Waals surface area (Å²) in [4.78, 5) is 11.4. The van der Waals surface area contributed by atoms with Crippen LogP contribution in [0.25, 0.3) is 39.1 Å². The van der Waals surface area contributed by atoms with E-state index in [1.807, 2.05) is 47.3 Å². The maximum atomic E-state index is 14.0. The third-order valence-electron chi connectivity index (χ3n) is 9.43. The van der Waals surface area contributed by atoms with Crippen LogP contribution in [0.5, 0.6) is 0 Å². The van der Waals surface area contributed by atoms with Crippen LogP contribution in [0.15, 0.2) is 134 Å². The van der Waals surface area contributed by atoms with E-state index >= 15 is 0 Å². The van der Waals surface area contributed by atoms with Crippen molar-refractivity contribution in [3.8, 4) is 39.1 Å². The molecule has 1 saturated carbocycles. The standard InChI is InChI=1S/C39H30ClN7O3/c40-33-15-17-36(46-24-41-43-44-46)35(20-33)30-14-16-37(47(50)23-30)38(45-22-32(21-42-45)27-8-12-29(13-9-27)39(48)49)19-31-18-34(31)28-10-6-26(7-11-28)25-4-2-1-3-5-25/h1-17,20-24,31,34,38H,18-19H2,(H,48,49). The number of rotatable bonds is 10. The molecule has 0 saturated heterocycles. The first kappa shape index (κ1) is 31.2. The molecule has 3 unspecified atom stereocenters. The molecule has 50 heavy (non-hydrogen) atoms. The van der Waals surface area contributed by atoms with Gasteiger partial charge in [0.05, 0.1) is 17.4 Å². The Labute approximate surface area is 292 Å². The highest BCUT2D eigenvalue weighted by Gasteiger charge is 2.42. The van der Waals surface area contributed by atoms with Crippen LogP contribution < -0.4 is 4.73 Å². The van der Waals surface area contributed by atoms with Gasteiger partial charge in [0.2, 0.25) is 5.69 Å². The zero-order valence-electron chi connectivity index (χ0n) is 26.6. The fraction of sp³-hybridized carbons (Fsp3) is 0.128. The highest BCUT2D eigenvalue weighted by molar-refractivity contribution is 6.31. The summed E-state index contributed by atoms with van der Waals surface area (Å²) in [6, 6.07) is 34.6. The van der Waals surface area contributed by atoms with E-state index in [9.17, 15) is 15.1 Å². The van der Waals surface area contributed by atoms with Crippen molar-refractivity contribution in [3.05, 3.63) is 161 Å². The Bertz CT molecular complexity index is 2290. The average molecular weight is 680 g/mol. The molecule has 3 atom stereocenters. The Morgan fingerprint density at radius 2 is 1.62 bits per heavy atom. The molecule has 1 aliphatic rings. The van der Waals surface area contributed by atoms with E-state index in [2.05, 4.69) is 51.9 Å². The van der Waals surface area contributed by atoms with Crippen molar-refractivity contribution in [2.24, 2.45) is 5.92 Å². The number of pyridine rings is 1. The molecular formula is C39H30ClN7O3. The smallest absolute Gasteiger partial charge is 0.335 e. The lowest BCUT2D eigenvalue weighted by Crippen LogP contribution is -2.35. The van der Waals surface area contributed by atoms with Crippen LogP contribution in [0, 0.1) is 11.1 Å². The quantitative estimate of drug-likeness (QED) is 0.116. The molecule has 1 N–H and O–H groups in total. The molecular weight excluding hydrogens is 650 g/mol. The van der Waals surface area contributed by atoms with E-state index in [0.29, 0.717) is 45.8 Å². The zero-order valence-corrected chi connectivity index (χ0v) is 27.4. The van der Waals surface area contributed by atoms with Crippen molar-refractivity contribution in [3.63, 3.8) is 0 Å². The number of halogens is 1. The SMILES string of the molecule is O=C(O)c1ccc(-c2cnn(C(CC3CC3c3ccc(-c4ccccc4)cc3)c3ccc(-c4cc(Cl)ccc4-n4cnnn4)c[n+]3[O-])c2)cc1. The lowest BCUT2D eigenvalue weighted by Gasteiger charge is -2.18. The Kier molecular flexibility index (Phi) is 8.14.